The highest BCUT2D eigenvalue weighted by molar-refractivity contribution is 7.99. The predicted octanol–water partition coefficient (Wildman–Crippen LogP) is 2.34. The van der Waals surface area contributed by atoms with Crippen LogP contribution in [0.15, 0.2) is 29.4 Å². The van der Waals surface area contributed by atoms with Gasteiger partial charge in [-0.05, 0) is 24.5 Å². The van der Waals surface area contributed by atoms with E-state index in [1.807, 2.05) is 49.7 Å². The highest BCUT2D eigenvalue weighted by Crippen LogP contribution is 2.25. The number of fused-ring (bicyclic) bond motifs is 1. The van der Waals surface area contributed by atoms with Gasteiger partial charge in [-0.2, -0.15) is 0 Å². The van der Waals surface area contributed by atoms with Crippen molar-refractivity contribution < 1.29 is 13.2 Å². The largest absolute Gasteiger partial charge is 0.338 e. The Morgan fingerprint density at radius 1 is 1.38 bits per heavy atom. The van der Waals surface area contributed by atoms with Gasteiger partial charge in [-0.1, -0.05) is 37.7 Å². The van der Waals surface area contributed by atoms with Crippen LogP contribution in [0.2, 0.25) is 0 Å². The zero-order valence-corrected chi connectivity index (χ0v) is 17.0. The van der Waals surface area contributed by atoms with Gasteiger partial charge in [-0.15, -0.1) is 0 Å². The van der Waals surface area contributed by atoms with Gasteiger partial charge in [0.15, 0.2) is 15.0 Å². The topological polar surface area (TPSA) is 72.3 Å². The maximum atomic E-state index is 12.8. The lowest BCUT2D eigenvalue weighted by Gasteiger charge is -2.29. The molecule has 0 bridgehead atoms. The van der Waals surface area contributed by atoms with E-state index >= 15 is 0 Å². The number of rotatable bonds is 6. The summed E-state index contributed by atoms with van der Waals surface area (Å²) >= 11 is 1.41. The maximum Gasteiger partial charge on any atom is 0.233 e. The lowest BCUT2D eigenvalue weighted by Crippen LogP contribution is -2.44. The van der Waals surface area contributed by atoms with Crippen LogP contribution in [0.1, 0.15) is 20.3 Å². The van der Waals surface area contributed by atoms with Crippen molar-refractivity contribution in [2.24, 2.45) is 13.0 Å². The molecule has 1 aromatic carbocycles. The Hall–Kier alpha value is -1.54. The van der Waals surface area contributed by atoms with E-state index in [-0.39, 0.29) is 29.2 Å². The summed E-state index contributed by atoms with van der Waals surface area (Å²) in [6.07, 6.45) is 0.539. The molecule has 1 aliphatic rings. The average Bonchev–Trinajstić information content (AvgIpc) is 3.10. The number of hydrogen-bond acceptors (Lipinski definition) is 5. The molecule has 1 saturated heterocycles. The third-order valence-corrected chi connectivity index (χ3v) is 7.37. The van der Waals surface area contributed by atoms with Crippen LogP contribution in [0, 0.1) is 5.92 Å². The molecular weight excluding hydrogens is 370 g/mol. The van der Waals surface area contributed by atoms with Gasteiger partial charge in [-0.3, -0.25) is 4.79 Å². The van der Waals surface area contributed by atoms with Crippen LogP contribution < -0.4 is 0 Å². The van der Waals surface area contributed by atoms with Gasteiger partial charge in [0, 0.05) is 19.6 Å². The first kappa shape index (κ1) is 19.2. The molecule has 0 unspecified atom stereocenters. The van der Waals surface area contributed by atoms with E-state index in [1.54, 1.807) is 4.90 Å². The number of hydrogen-bond donors (Lipinski definition) is 0. The lowest BCUT2D eigenvalue weighted by atomic mass is 10.1. The third-order valence-electron chi connectivity index (χ3n) is 4.60. The van der Waals surface area contributed by atoms with E-state index in [0.717, 1.165) is 16.2 Å². The normalized spacial score (nSPS) is 19.3. The smallest absolute Gasteiger partial charge is 0.233 e. The van der Waals surface area contributed by atoms with E-state index in [0.29, 0.717) is 18.9 Å². The molecule has 1 aliphatic heterocycles. The van der Waals surface area contributed by atoms with Gasteiger partial charge in [0.1, 0.15) is 0 Å². The number of para-hydroxylation sites is 2. The van der Waals surface area contributed by atoms with E-state index < -0.39 is 9.84 Å². The van der Waals surface area contributed by atoms with Crippen molar-refractivity contribution in [3.63, 3.8) is 0 Å². The number of nitrogens with zero attached hydrogens (tertiary/aromatic N) is 3. The standard InChI is InChI=1S/C18H25N3O3S2/c1-13(2)10-21(14-8-9-26(23,24)12-14)17(22)11-25-18-19-15-6-4-5-7-16(15)20(18)3/h4-7,13-14H,8-12H2,1-3H3/t14-/m0/s1. The Morgan fingerprint density at radius 3 is 2.73 bits per heavy atom. The molecule has 8 heteroatoms. The minimum Gasteiger partial charge on any atom is -0.338 e. The number of aryl methyl sites for hydroxylation is 1. The zero-order valence-electron chi connectivity index (χ0n) is 15.4. The van der Waals surface area contributed by atoms with Crippen LogP contribution in [0.3, 0.4) is 0 Å². The Balaban J connectivity index is 1.72. The number of benzene rings is 1. The van der Waals surface area contributed by atoms with Crippen molar-refractivity contribution in [2.75, 3.05) is 23.8 Å². The zero-order chi connectivity index (χ0) is 18.9. The molecule has 1 fully saturated rings. The van der Waals surface area contributed by atoms with Crippen molar-refractivity contribution in [1.29, 1.82) is 0 Å². The molecule has 1 aromatic heterocycles. The molecule has 0 spiro atoms. The second kappa shape index (κ2) is 7.60. The first-order valence-electron chi connectivity index (χ1n) is 8.81. The monoisotopic (exact) mass is 395 g/mol. The number of imidazole rings is 1. The van der Waals surface area contributed by atoms with Crippen molar-refractivity contribution in [2.45, 2.75) is 31.5 Å². The molecule has 0 radical (unpaired) electrons. The number of aromatic nitrogens is 2. The molecule has 142 valence electrons. The molecule has 3 rings (SSSR count). The molecule has 2 aromatic rings. The predicted molar refractivity (Wildman–Crippen MR) is 105 cm³/mol. The van der Waals surface area contributed by atoms with E-state index in [9.17, 15) is 13.2 Å². The Labute approximate surface area is 158 Å². The van der Waals surface area contributed by atoms with Crippen LogP contribution in [-0.4, -0.2) is 58.6 Å². The summed E-state index contributed by atoms with van der Waals surface area (Å²) in [5.74, 6) is 0.807. The van der Waals surface area contributed by atoms with Crippen molar-refractivity contribution in [1.82, 2.24) is 14.5 Å². The minimum atomic E-state index is -3.02. The van der Waals surface area contributed by atoms with Gasteiger partial charge in [0.05, 0.1) is 28.3 Å². The highest BCUT2D eigenvalue weighted by atomic mass is 32.2. The van der Waals surface area contributed by atoms with Crippen LogP contribution >= 0.6 is 11.8 Å². The van der Waals surface area contributed by atoms with Crippen LogP contribution in [0.4, 0.5) is 0 Å². The second-order valence-electron chi connectivity index (χ2n) is 7.23. The van der Waals surface area contributed by atoms with Crippen LogP contribution in [-0.2, 0) is 21.7 Å². The first-order chi connectivity index (χ1) is 12.3. The molecule has 6 nitrogen and oxygen atoms in total. The molecule has 1 atom stereocenters. The molecule has 26 heavy (non-hydrogen) atoms. The van der Waals surface area contributed by atoms with Gasteiger partial charge < -0.3 is 9.47 Å². The van der Waals surface area contributed by atoms with E-state index in [4.69, 9.17) is 0 Å². The fourth-order valence-corrected chi connectivity index (χ4v) is 5.93. The quantitative estimate of drug-likeness (QED) is 0.702. The summed E-state index contributed by atoms with van der Waals surface area (Å²) in [5.41, 5.74) is 1.94. The average molecular weight is 396 g/mol. The maximum absolute atomic E-state index is 12.8. The van der Waals surface area contributed by atoms with Crippen molar-refractivity contribution in [3.8, 4) is 0 Å². The lowest BCUT2D eigenvalue weighted by molar-refractivity contribution is -0.130. The molecule has 0 N–H and O–H groups in total. The molecule has 2 heterocycles. The van der Waals surface area contributed by atoms with Gasteiger partial charge in [-0.25, -0.2) is 13.4 Å². The second-order valence-corrected chi connectivity index (χ2v) is 10.4. The van der Waals surface area contributed by atoms with Gasteiger partial charge in [0.25, 0.3) is 0 Å². The molecule has 0 aliphatic carbocycles. The number of thioether (sulfide) groups is 1. The number of amides is 1. The summed E-state index contributed by atoms with van der Waals surface area (Å²) in [5, 5.41) is 0.795. The SMILES string of the molecule is CC(C)CN(C(=O)CSc1nc2ccccc2n1C)[C@H]1CCS(=O)(=O)C1. The van der Waals surface area contributed by atoms with E-state index in [1.165, 1.54) is 11.8 Å². The summed E-state index contributed by atoms with van der Waals surface area (Å²) in [4.78, 5) is 19.2. The van der Waals surface area contributed by atoms with Crippen molar-refractivity contribution in [3.05, 3.63) is 24.3 Å². The summed E-state index contributed by atoms with van der Waals surface area (Å²) in [7, 11) is -1.08. The van der Waals surface area contributed by atoms with Crippen LogP contribution in [0.5, 0.6) is 0 Å². The van der Waals surface area contributed by atoms with Crippen molar-refractivity contribution >= 4 is 38.5 Å². The first-order valence-corrected chi connectivity index (χ1v) is 11.6. The number of carbonyl (C=O) groups is 1. The third kappa shape index (κ3) is 4.23. The number of sulfone groups is 1. The van der Waals surface area contributed by atoms with Gasteiger partial charge in [0.2, 0.25) is 5.91 Å². The molecule has 0 saturated carbocycles. The Morgan fingerprint density at radius 2 is 2.12 bits per heavy atom. The number of carbonyl (C=O) groups excluding carboxylic acids is 1. The Kier molecular flexibility index (Phi) is 5.62. The molecule has 1 amide bonds. The van der Waals surface area contributed by atoms with Gasteiger partial charge >= 0.3 is 0 Å². The summed E-state index contributed by atoms with van der Waals surface area (Å²) in [6.45, 7) is 4.67. The molecular formula is C18H25N3O3S2. The summed E-state index contributed by atoms with van der Waals surface area (Å²) in [6, 6.07) is 7.67. The Bertz CT molecular complexity index is 906. The van der Waals surface area contributed by atoms with Crippen LogP contribution in [0.25, 0.3) is 11.0 Å². The fourth-order valence-electron chi connectivity index (χ4n) is 3.33. The fraction of sp³-hybridized carbons (Fsp3) is 0.556. The minimum absolute atomic E-state index is 0.0159. The summed E-state index contributed by atoms with van der Waals surface area (Å²) < 4.78 is 25.6. The van der Waals surface area contributed by atoms with E-state index in [2.05, 4.69) is 4.98 Å². The highest BCUT2D eigenvalue weighted by Gasteiger charge is 2.34.